The summed E-state index contributed by atoms with van der Waals surface area (Å²) in [6, 6.07) is 1.42. The Morgan fingerprint density at radius 2 is 0.777 bits per heavy atom. The molecule has 33 heteroatoms. The van der Waals surface area contributed by atoms with Gasteiger partial charge in [-0.2, -0.15) is 0 Å². The van der Waals surface area contributed by atoms with Crippen molar-refractivity contribution < 1.29 is 76.9 Å². The van der Waals surface area contributed by atoms with Crippen LogP contribution < -0.4 is 86.7 Å². The van der Waals surface area contributed by atoms with Gasteiger partial charge in [0.15, 0.2) is 6.10 Å². The third kappa shape index (κ3) is 29.0. The number of amides is 13. The summed E-state index contributed by atoms with van der Waals surface area (Å²) >= 11 is 0. The minimum Gasteiger partial charge on any atom is -0.387 e. The van der Waals surface area contributed by atoms with Gasteiger partial charge in [0.1, 0.15) is 90.8 Å². The van der Waals surface area contributed by atoms with Crippen molar-refractivity contribution >= 4 is 76.8 Å². The molecular formula is C79H129N17O16. The van der Waals surface area contributed by atoms with E-state index in [2.05, 4.69) is 63.8 Å². The molecule has 112 heavy (non-hydrogen) atoms. The topological polar surface area (TPSA) is 512 Å². The molecule has 21 N–H and O–H groups in total. The van der Waals surface area contributed by atoms with Gasteiger partial charge in [0, 0.05) is 13.1 Å². The summed E-state index contributed by atoms with van der Waals surface area (Å²) in [4.78, 5) is 192. The first-order valence-corrected chi connectivity index (χ1v) is 39.9. The lowest BCUT2D eigenvalue weighted by Gasteiger charge is -2.32. The minimum atomic E-state index is -1.71. The fourth-order valence-corrected chi connectivity index (χ4v) is 13.7. The van der Waals surface area contributed by atoms with Crippen LogP contribution in [-0.2, 0) is 78.4 Å². The number of benzene rings is 2. The van der Waals surface area contributed by atoms with Crippen molar-refractivity contribution in [2.24, 2.45) is 58.4 Å². The maximum atomic E-state index is 15.2. The summed E-state index contributed by atoms with van der Waals surface area (Å²) in [5.41, 5.74) is 24.9. The molecule has 3 fully saturated rings. The van der Waals surface area contributed by atoms with Crippen molar-refractivity contribution in [1.29, 1.82) is 0 Å². The van der Waals surface area contributed by atoms with Gasteiger partial charge in [-0.3, -0.25) is 62.3 Å². The molecule has 0 unspecified atom stereocenters. The molecule has 0 radical (unpaired) electrons. The molecule has 2 bridgehead atoms. The molecule has 0 saturated carbocycles. The highest BCUT2D eigenvalue weighted by Crippen LogP contribution is 2.28. The molecule has 2 aromatic rings. The molecule has 3 aliphatic heterocycles. The lowest BCUT2D eigenvalue weighted by molar-refractivity contribution is -0.143. The van der Waals surface area contributed by atoms with Gasteiger partial charge >= 0.3 is 0 Å². The van der Waals surface area contributed by atoms with E-state index in [4.69, 9.17) is 32.4 Å². The van der Waals surface area contributed by atoms with Crippen molar-refractivity contribution in [1.82, 2.24) is 68.7 Å². The van der Waals surface area contributed by atoms with Gasteiger partial charge in [-0.25, -0.2) is 0 Å². The number of nitrogens with zero attached hydrogens (tertiary/aromatic N) is 1. The summed E-state index contributed by atoms with van der Waals surface area (Å²) in [6.07, 6.45) is -4.50. The van der Waals surface area contributed by atoms with Crippen LogP contribution in [0, 0.1) is 35.5 Å². The molecule has 3 heterocycles. The van der Waals surface area contributed by atoms with Crippen LogP contribution in [0.3, 0.4) is 0 Å². The zero-order chi connectivity index (χ0) is 83.1. The van der Waals surface area contributed by atoms with E-state index in [0.29, 0.717) is 17.5 Å². The fraction of sp³-hybridized carbons (Fsp3) is 0.684. The van der Waals surface area contributed by atoms with Crippen LogP contribution in [-0.4, -0.2) is 217 Å². The summed E-state index contributed by atoms with van der Waals surface area (Å²) in [7, 11) is 0. The third-order valence-electron chi connectivity index (χ3n) is 19.9. The second-order valence-electron chi connectivity index (χ2n) is 31.9. The van der Waals surface area contributed by atoms with E-state index in [1.165, 1.54) is 4.90 Å². The Hall–Kier alpha value is -8.73. The number of aliphatic hydroxyl groups excluding tert-OH is 1. The molecule has 3 saturated heterocycles. The largest absolute Gasteiger partial charge is 0.387 e. The second kappa shape index (κ2) is 47.1. The Kier molecular flexibility index (Phi) is 39.5. The van der Waals surface area contributed by atoms with Crippen LogP contribution in [0.1, 0.15) is 184 Å². The highest BCUT2D eigenvalue weighted by atomic mass is 16.6. The zero-order valence-electron chi connectivity index (χ0n) is 67.4. The van der Waals surface area contributed by atoms with Crippen molar-refractivity contribution in [3.63, 3.8) is 0 Å². The molecule has 0 spiro atoms. The number of aliphatic hydroxyl groups is 1. The number of nitrogens with two attached hydrogens (primary N) is 4. The quantitative estimate of drug-likeness (QED) is 0.0601. The number of hydrogen-bond acceptors (Lipinski definition) is 20. The van der Waals surface area contributed by atoms with Gasteiger partial charge in [0.05, 0.1) is 6.61 Å². The lowest BCUT2D eigenvalue weighted by atomic mass is 9.99. The molecule has 0 aliphatic carbocycles. The third-order valence-corrected chi connectivity index (χ3v) is 19.9. The summed E-state index contributed by atoms with van der Waals surface area (Å²) in [5.74, 6) is -12.7. The lowest BCUT2D eigenvalue weighted by Crippen LogP contribution is -2.61. The zero-order valence-corrected chi connectivity index (χ0v) is 67.4. The van der Waals surface area contributed by atoms with Crippen LogP contribution in [0.5, 0.6) is 0 Å². The first-order valence-electron chi connectivity index (χ1n) is 39.9. The Bertz CT molecular complexity index is 3410. The predicted octanol–water partition coefficient (Wildman–Crippen LogP) is -0.412. The van der Waals surface area contributed by atoms with Crippen LogP contribution >= 0.6 is 0 Å². The SMILES string of the molecule is CC(C)C[C@@H]1NC(=O)[C@@H](CCCN)NC(=O)[C@H](C(C)C)NC(=O)[C@H]2CCCN2C(=O)[C@@H](c2ccccc2)NC(=O)[C@H](CC(C)C)NC(=O)[C@@H](CCCN)NC(=O)[C@H](C(C)C)NC(=O)[C@@H](CCCN)NC(=O)[C@H](CC(C)C)NC(=O)[C@@H]2O[C@H](CNC(=O)[C@H](C(C)C)NC(=O)[C@@H](CCCN)NC1=O)[C@@H](OCc1ccccc1)[C@@H]2O. The molecule has 16 atom stereocenters. The van der Waals surface area contributed by atoms with Gasteiger partial charge in [0.25, 0.3) is 5.91 Å². The number of carbonyl (C=O) groups is 13. The van der Waals surface area contributed by atoms with E-state index >= 15 is 4.79 Å². The van der Waals surface area contributed by atoms with Crippen LogP contribution in [0.15, 0.2) is 60.7 Å². The molecule has 13 amide bonds. The molecule has 626 valence electrons. The van der Waals surface area contributed by atoms with E-state index < -0.39 is 191 Å². The monoisotopic (exact) mass is 1570 g/mol. The van der Waals surface area contributed by atoms with Gasteiger partial charge in [0.2, 0.25) is 70.9 Å². The summed E-state index contributed by atoms with van der Waals surface area (Å²) in [5, 5.41) is 45.5. The van der Waals surface area contributed by atoms with Crippen molar-refractivity contribution in [2.45, 2.75) is 270 Å². The van der Waals surface area contributed by atoms with Crippen LogP contribution in [0.4, 0.5) is 0 Å². The number of rotatable bonds is 25. The normalized spacial score (nSPS) is 27.7. The summed E-state index contributed by atoms with van der Waals surface area (Å²) < 4.78 is 12.6. The number of carbonyl (C=O) groups excluding carboxylic acids is 13. The van der Waals surface area contributed by atoms with Gasteiger partial charge < -0.3 is 106 Å². The van der Waals surface area contributed by atoms with E-state index in [1.807, 2.05) is 27.7 Å². The molecule has 3 aliphatic rings. The Labute approximate surface area is 659 Å². The van der Waals surface area contributed by atoms with E-state index in [9.17, 15) is 62.6 Å². The standard InChI is InChI=1S/C79H129N17O16/c1-43(2)38-55-71(102)85-53(30-21-35-82)69(100)92-60(46(7)8)75(106)84-41-59-65(111-42-49-24-15-13-16-25-49)64(97)66(112-59)78(109)91-56(39-44(3)4)72(103)86-54(31-22-36-83)70(101)93-61(47(9)10)76(107)87-52(29-20-34-81)68(99)90-57(40-45(5)6)73(104)95-63(50-26-17-14-18-27-50)79(110)96-37-23-32-58(96)74(105)94-62(48(11)12)77(108)88-51(28-19-33-80)67(98)89-55/h13-18,24-27,43-48,51-66,97H,19-23,28-42,80-83H2,1-12H3,(H,84,106)(H,85,102)(H,86,103)(H,87,107)(H,88,108)(H,89,98)(H,90,99)(H,91,109)(H,92,100)(H,93,101)(H,94,105)(H,95,104)/t51-,52-,53-,54-,55+,56+,57+,58-,59-,60+,61+,62+,63-,64+,65-,66-/m1/s1. The maximum absolute atomic E-state index is 15.2. The highest BCUT2D eigenvalue weighted by molar-refractivity contribution is 6.00. The molecule has 2 aromatic carbocycles. The number of hydrogen-bond donors (Lipinski definition) is 17. The van der Waals surface area contributed by atoms with Gasteiger partial charge in [-0.05, 0) is 156 Å². The average molecular weight is 1570 g/mol. The van der Waals surface area contributed by atoms with Crippen molar-refractivity contribution in [3.8, 4) is 0 Å². The fourth-order valence-electron chi connectivity index (χ4n) is 13.7. The Morgan fingerprint density at radius 1 is 0.429 bits per heavy atom. The van der Waals surface area contributed by atoms with Crippen LogP contribution in [0.25, 0.3) is 0 Å². The molecule has 33 nitrogen and oxygen atoms in total. The van der Waals surface area contributed by atoms with Crippen molar-refractivity contribution in [3.05, 3.63) is 71.8 Å². The molecule has 0 aromatic heterocycles. The second-order valence-corrected chi connectivity index (χ2v) is 31.9. The Morgan fingerprint density at radius 3 is 1.18 bits per heavy atom. The Balaban J connectivity index is 1.60. The van der Waals surface area contributed by atoms with Crippen molar-refractivity contribution in [2.75, 3.05) is 39.3 Å². The molecular weight excluding hydrogens is 1440 g/mol. The first kappa shape index (κ1) is 93.9. The smallest absolute Gasteiger partial charge is 0.252 e. The number of nitrogens with one attached hydrogen (secondary N) is 12. The number of ether oxygens (including phenoxy) is 2. The molecule has 5 rings (SSSR count). The first-order chi connectivity index (χ1) is 53.1. The summed E-state index contributed by atoms with van der Waals surface area (Å²) in [6.45, 7) is 20.9. The van der Waals surface area contributed by atoms with E-state index in [0.717, 1.165) is 0 Å². The van der Waals surface area contributed by atoms with Crippen LogP contribution in [0.2, 0.25) is 0 Å². The van der Waals surface area contributed by atoms with Gasteiger partial charge in [-0.1, -0.05) is 144 Å². The average Bonchev–Trinajstić information content (AvgIpc) is 1.58. The maximum Gasteiger partial charge on any atom is 0.252 e. The minimum absolute atomic E-state index is 0.00568. The van der Waals surface area contributed by atoms with Gasteiger partial charge in [-0.15, -0.1) is 0 Å². The number of fused-ring (bicyclic) bond motifs is 3. The highest BCUT2D eigenvalue weighted by Gasteiger charge is 2.50. The van der Waals surface area contributed by atoms with E-state index in [-0.39, 0.29) is 141 Å². The predicted molar refractivity (Wildman–Crippen MR) is 420 cm³/mol. The van der Waals surface area contributed by atoms with E-state index in [1.54, 1.807) is 116 Å².